The lowest BCUT2D eigenvalue weighted by molar-refractivity contribution is -0.157. The Kier molecular flexibility index (Phi) is 3.23. The molecule has 0 spiro atoms. The first-order valence-corrected chi connectivity index (χ1v) is 6.80. The lowest BCUT2D eigenvalue weighted by Gasteiger charge is -2.17. The molecule has 0 heterocycles. The minimum Gasteiger partial charge on any atom is -0.447 e. The molecule has 4 nitrogen and oxygen atoms in total. The summed E-state index contributed by atoms with van der Waals surface area (Å²) in [6.45, 7) is 0. The van der Waals surface area contributed by atoms with Crippen molar-refractivity contribution in [3.05, 3.63) is 35.9 Å². The zero-order valence-electron chi connectivity index (χ0n) is 10.7. The molecule has 0 saturated heterocycles. The van der Waals surface area contributed by atoms with Gasteiger partial charge < -0.3 is 10.1 Å². The summed E-state index contributed by atoms with van der Waals surface area (Å²) in [5, 5.41) is 2.90. The summed E-state index contributed by atoms with van der Waals surface area (Å²) in [4.78, 5) is 24.0. The van der Waals surface area contributed by atoms with Gasteiger partial charge >= 0.3 is 5.97 Å². The average Bonchev–Trinajstić information content (AvgIpc) is 3.27. The second kappa shape index (κ2) is 5.03. The van der Waals surface area contributed by atoms with Gasteiger partial charge in [0.2, 0.25) is 6.10 Å². The van der Waals surface area contributed by atoms with E-state index in [1.165, 1.54) is 0 Å². The van der Waals surface area contributed by atoms with E-state index in [1.54, 1.807) is 0 Å². The van der Waals surface area contributed by atoms with Crippen molar-refractivity contribution in [3.8, 4) is 0 Å². The molecule has 2 aliphatic rings. The monoisotopic (exact) mass is 259 g/mol. The Morgan fingerprint density at radius 3 is 2.37 bits per heavy atom. The van der Waals surface area contributed by atoms with Crippen molar-refractivity contribution in [2.75, 3.05) is 0 Å². The van der Waals surface area contributed by atoms with Crippen LogP contribution in [-0.4, -0.2) is 17.9 Å². The van der Waals surface area contributed by atoms with E-state index in [0.717, 1.165) is 31.2 Å². The quantitative estimate of drug-likeness (QED) is 0.822. The second-order valence-corrected chi connectivity index (χ2v) is 5.28. The zero-order valence-corrected chi connectivity index (χ0v) is 10.7. The van der Waals surface area contributed by atoms with E-state index in [9.17, 15) is 9.59 Å². The van der Waals surface area contributed by atoms with Crippen molar-refractivity contribution in [2.45, 2.75) is 37.8 Å². The molecule has 1 aromatic rings. The van der Waals surface area contributed by atoms with E-state index in [0.29, 0.717) is 0 Å². The van der Waals surface area contributed by atoms with Gasteiger partial charge in [-0.2, -0.15) is 0 Å². The molecule has 2 aliphatic carbocycles. The molecule has 1 N–H and O–H groups in total. The van der Waals surface area contributed by atoms with Gasteiger partial charge in [0, 0.05) is 11.6 Å². The number of rotatable bonds is 5. The molecule has 2 fully saturated rings. The number of hydrogen-bond donors (Lipinski definition) is 1. The lowest BCUT2D eigenvalue weighted by Crippen LogP contribution is -2.33. The normalized spacial score (nSPS) is 19.6. The maximum Gasteiger partial charge on any atom is 0.310 e. The molecule has 100 valence electrons. The fourth-order valence-electron chi connectivity index (χ4n) is 1.94. The Morgan fingerprint density at radius 1 is 1.11 bits per heavy atom. The highest BCUT2D eigenvalue weighted by Gasteiger charge is 2.36. The number of ether oxygens (including phenoxy) is 1. The Labute approximate surface area is 112 Å². The van der Waals surface area contributed by atoms with E-state index >= 15 is 0 Å². The summed E-state index contributed by atoms with van der Waals surface area (Å²) >= 11 is 0. The summed E-state index contributed by atoms with van der Waals surface area (Å²) in [7, 11) is 0. The third kappa shape index (κ3) is 3.13. The molecule has 19 heavy (non-hydrogen) atoms. The maximum absolute atomic E-state index is 12.2. The van der Waals surface area contributed by atoms with E-state index in [2.05, 4.69) is 5.32 Å². The Bertz CT molecular complexity index is 477. The van der Waals surface area contributed by atoms with Crippen molar-refractivity contribution < 1.29 is 14.3 Å². The molecule has 3 rings (SSSR count). The van der Waals surface area contributed by atoms with E-state index < -0.39 is 6.10 Å². The topological polar surface area (TPSA) is 55.4 Å². The van der Waals surface area contributed by atoms with Gasteiger partial charge in [0.05, 0.1) is 5.92 Å². The summed E-state index contributed by atoms with van der Waals surface area (Å²) in [6.07, 6.45) is 2.98. The Balaban J connectivity index is 1.73. The number of amides is 1. The van der Waals surface area contributed by atoms with Crippen molar-refractivity contribution in [1.29, 1.82) is 0 Å². The Hall–Kier alpha value is -1.84. The molecule has 1 amide bonds. The predicted octanol–water partition coefficient (Wildman–Crippen LogP) is 1.96. The van der Waals surface area contributed by atoms with Gasteiger partial charge in [0.25, 0.3) is 5.91 Å². The number of carbonyl (C=O) groups is 2. The molecule has 1 aromatic carbocycles. The third-order valence-electron chi connectivity index (χ3n) is 3.41. The molecule has 0 aromatic heterocycles. The van der Waals surface area contributed by atoms with Crippen LogP contribution in [0.4, 0.5) is 0 Å². The van der Waals surface area contributed by atoms with Crippen LogP contribution in [0.25, 0.3) is 0 Å². The van der Waals surface area contributed by atoms with Crippen LogP contribution in [0.15, 0.2) is 30.3 Å². The number of esters is 1. The second-order valence-electron chi connectivity index (χ2n) is 5.28. The summed E-state index contributed by atoms with van der Waals surface area (Å²) in [6, 6.07) is 9.46. The molecule has 0 radical (unpaired) electrons. The summed E-state index contributed by atoms with van der Waals surface area (Å²) in [5.74, 6) is -0.456. The summed E-state index contributed by atoms with van der Waals surface area (Å²) < 4.78 is 5.40. The molecule has 0 aliphatic heterocycles. The van der Waals surface area contributed by atoms with E-state index in [4.69, 9.17) is 4.74 Å². The van der Waals surface area contributed by atoms with Crippen LogP contribution in [0.2, 0.25) is 0 Å². The largest absolute Gasteiger partial charge is 0.447 e. The minimum absolute atomic E-state index is 0.0000581. The van der Waals surface area contributed by atoms with Gasteiger partial charge in [-0.1, -0.05) is 30.3 Å². The first-order valence-electron chi connectivity index (χ1n) is 6.80. The van der Waals surface area contributed by atoms with Crippen molar-refractivity contribution in [3.63, 3.8) is 0 Å². The van der Waals surface area contributed by atoms with Crippen LogP contribution >= 0.6 is 0 Å². The van der Waals surface area contributed by atoms with Gasteiger partial charge in [-0.05, 0) is 25.7 Å². The van der Waals surface area contributed by atoms with E-state index in [1.807, 2.05) is 30.3 Å². The van der Waals surface area contributed by atoms with Gasteiger partial charge in [0.15, 0.2) is 0 Å². The van der Waals surface area contributed by atoms with Gasteiger partial charge in [0.1, 0.15) is 0 Å². The van der Waals surface area contributed by atoms with Crippen molar-refractivity contribution >= 4 is 11.9 Å². The molecule has 0 bridgehead atoms. The molecular formula is C15H17NO3. The molecule has 2 saturated carbocycles. The van der Waals surface area contributed by atoms with Gasteiger partial charge in [-0.15, -0.1) is 0 Å². The van der Waals surface area contributed by atoms with Crippen molar-refractivity contribution in [2.24, 2.45) is 5.92 Å². The molecule has 4 heteroatoms. The zero-order chi connectivity index (χ0) is 13.2. The average molecular weight is 259 g/mol. The predicted molar refractivity (Wildman–Crippen MR) is 69.2 cm³/mol. The number of nitrogens with one attached hydrogen (secondary N) is 1. The highest BCUT2D eigenvalue weighted by molar-refractivity contribution is 5.86. The molecule has 0 unspecified atom stereocenters. The third-order valence-corrected chi connectivity index (χ3v) is 3.41. The number of benzene rings is 1. The Morgan fingerprint density at radius 2 is 1.79 bits per heavy atom. The van der Waals surface area contributed by atoms with Crippen molar-refractivity contribution in [1.82, 2.24) is 5.32 Å². The van der Waals surface area contributed by atoms with Crippen LogP contribution in [-0.2, 0) is 14.3 Å². The summed E-state index contributed by atoms with van der Waals surface area (Å²) in [5.41, 5.74) is 0.731. The number of carbonyl (C=O) groups excluding carboxylic acids is 2. The minimum atomic E-state index is -0.810. The van der Waals surface area contributed by atoms with Crippen LogP contribution < -0.4 is 5.32 Å². The highest BCUT2D eigenvalue weighted by Crippen LogP contribution is 2.32. The lowest BCUT2D eigenvalue weighted by atomic mass is 10.1. The smallest absolute Gasteiger partial charge is 0.310 e. The fourth-order valence-corrected chi connectivity index (χ4v) is 1.94. The van der Waals surface area contributed by atoms with Crippen LogP contribution in [0, 0.1) is 5.92 Å². The SMILES string of the molecule is O=C(O[C@H](C(=O)NC1CC1)c1ccccc1)C1CC1. The van der Waals surface area contributed by atoms with Crippen LogP contribution in [0.1, 0.15) is 37.4 Å². The maximum atomic E-state index is 12.2. The first-order chi connectivity index (χ1) is 9.24. The highest BCUT2D eigenvalue weighted by atomic mass is 16.5. The van der Waals surface area contributed by atoms with Crippen LogP contribution in [0.3, 0.4) is 0 Å². The van der Waals surface area contributed by atoms with Gasteiger partial charge in [-0.25, -0.2) is 0 Å². The standard InChI is InChI=1S/C15H17NO3/c17-14(16-12-8-9-12)13(10-4-2-1-3-5-10)19-15(18)11-6-7-11/h1-5,11-13H,6-9H2,(H,16,17)/t13-/m0/s1. The molecular weight excluding hydrogens is 242 g/mol. The number of hydrogen-bond acceptors (Lipinski definition) is 3. The van der Waals surface area contributed by atoms with Crippen LogP contribution in [0.5, 0.6) is 0 Å². The van der Waals surface area contributed by atoms with Gasteiger partial charge in [-0.3, -0.25) is 9.59 Å². The molecule has 1 atom stereocenters. The first kappa shape index (κ1) is 12.2. The van der Waals surface area contributed by atoms with E-state index in [-0.39, 0.29) is 23.8 Å². The fraction of sp³-hybridized carbons (Fsp3) is 0.467.